The van der Waals surface area contributed by atoms with Crippen molar-refractivity contribution in [2.45, 2.75) is 25.7 Å². The average molecular weight is 447 g/mol. The van der Waals surface area contributed by atoms with Gasteiger partial charge in [-0.1, -0.05) is 60.7 Å². The zero-order valence-corrected chi connectivity index (χ0v) is 19.3. The van der Waals surface area contributed by atoms with Crippen molar-refractivity contribution in [1.82, 2.24) is 4.98 Å². The molecule has 0 N–H and O–H groups in total. The van der Waals surface area contributed by atoms with Gasteiger partial charge in [0.25, 0.3) is 0 Å². The van der Waals surface area contributed by atoms with E-state index in [2.05, 4.69) is 83.8 Å². The lowest BCUT2D eigenvalue weighted by atomic mass is 9.83. The molecule has 0 radical (unpaired) electrons. The predicted molar refractivity (Wildman–Crippen MR) is 141 cm³/mol. The van der Waals surface area contributed by atoms with Crippen molar-refractivity contribution in [3.63, 3.8) is 0 Å². The Kier molecular flexibility index (Phi) is 3.27. The molecule has 0 bridgehead atoms. The fourth-order valence-corrected chi connectivity index (χ4v) is 7.21. The first kappa shape index (κ1) is 18.2. The van der Waals surface area contributed by atoms with Crippen LogP contribution in [0.2, 0.25) is 0 Å². The van der Waals surface area contributed by atoms with Crippen molar-refractivity contribution < 1.29 is 0 Å². The van der Waals surface area contributed by atoms with E-state index < -0.39 is 0 Å². The minimum absolute atomic E-state index is 0.907. The molecule has 5 aromatic rings. The van der Waals surface area contributed by atoms with E-state index in [0.29, 0.717) is 0 Å². The summed E-state index contributed by atoms with van der Waals surface area (Å²) in [6.45, 7) is 0. The van der Waals surface area contributed by atoms with Crippen LogP contribution in [0.3, 0.4) is 0 Å². The zero-order chi connectivity index (χ0) is 22.7. The second-order valence-electron chi connectivity index (χ2n) is 10.3. The minimum Gasteiger partial charge on any atom is -0.308 e. The van der Waals surface area contributed by atoms with E-state index in [1.165, 1.54) is 72.8 Å². The van der Waals surface area contributed by atoms with Crippen molar-refractivity contribution in [2.75, 3.05) is 4.90 Å². The third kappa shape index (κ3) is 2.23. The molecule has 3 heterocycles. The molecule has 2 heteroatoms. The smallest absolute Gasteiger partial charge is 0.0688 e. The van der Waals surface area contributed by atoms with Crippen LogP contribution in [-0.4, -0.2) is 4.98 Å². The summed E-state index contributed by atoms with van der Waals surface area (Å²) in [5.74, 6) is 0. The van der Waals surface area contributed by atoms with Gasteiger partial charge in [-0.15, -0.1) is 0 Å². The molecule has 164 valence electrons. The maximum Gasteiger partial charge on any atom is 0.0688 e. The number of nitrogens with zero attached hydrogens (tertiary/aromatic N) is 2. The molecule has 4 aliphatic rings. The van der Waals surface area contributed by atoms with Gasteiger partial charge in [-0.3, -0.25) is 4.98 Å². The summed E-state index contributed by atoms with van der Waals surface area (Å²) in [7, 11) is 0. The van der Waals surface area contributed by atoms with Gasteiger partial charge < -0.3 is 4.90 Å². The molecule has 35 heavy (non-hydrogen) atoms. The number of pyridine rings is 1. The van der Waals surface area contributed by atoms with Crippen molar-refractivity contribution in [3.8, 4) is 22.3 Å². The van der Waals surface area contributed by atoms with E-state index in [-0.39, 0.29) is 0 Å². The Morgan fingerprint density at radius 1 is 0.543 bits per heavy atom. The molecule has 0 unspecified atom stereocenters. The van der Waals surface area contributed by atoms with Crippen LogP contribution < -0.4 is 4.90 Å². The Balaban J connectivity index is 1.32. The van der Waals surface area contributed by atoms with Crippen LogP contribution in [0, 0.1) is 0 Å². The predicted octanol–water partition coefficient (Wildman–Crippen LogP) is 7.50. The van der Waals surface area contributed by atoms with Crippen LogP contribution in [0.1, 0.15) is 44.6 Å². The minimum atomic E-state index is 0.907. The standard InChI is InChI=1S/C33H22N2/c1-3-8-23-19(6-1)15-26-24(23)11-12-25-27(26)17-21-14-22-18-29-31(10-5-13-34-29)35-30-9-4-2-7-20(30)16-28(32(21)25)33(22)35/h1-14H,15-18H2. The molecule has 2 aliphatic carbocycles. The van der Waals surface area contributed by atoms with Crippen molar-refractivity contribution >= 4 is 17.1 Å². The topological polar surface area (TPSA) is 16.1 Å². The first-order chi connectivity index (χ1) is 17.3. The van der Waals surface area contributed by atoms with Gasteiger partial charge in [0, 0.05) is 24.7 Å². The number of hydrogen-bond acceptors (Lipinski definition) is 2. The zero-order valence-electron chi connectivity index (χ0n) is 19.3. The molecule has 1 aromatic heterocycles. The molecular weight excluding hydrogens is 424 g/mol. The second-order valence-corrected chi connectivity index (χ2v) is 10.3. The monoisotopic (exact) mass is 446 g/mol. The van der Waals surface area contributed by atoms with Gasteiger partial charge >= 0.3 is 0 Å². The third-order valence-electron chi connectivity index (χ3n) is 8.59. The summed E-state index contributed by atoms with van der Waals surface area (Å²) in [5.41, 5.74) is 21.3. The first-order valence-electron chi connectivity index (χ1n) is 12.6. The van der Waals surface area contributed by atoms with E-state index in [1.807, 2.05) is 6.20 Å². The summed E-state index contributed by atoms with van der Waals surface area (Å²) in [5, 5.41) is 0. The van der Waals surface area contributed by atoms with E-state index in [0.717, 1.165) is 25.7 Å². The highest BCUT2D eigenvalue weighted by atomic mass is 15.2. The van der Waals surface area contributed by atoms with Crippen LogP contribution in [0.15, 0.2) is 85.1 Å². The van der Waals surface area contributed by atoms with Crippen molar-refractivity contribution in [3.05, 3.63) is 130 Å². The number of rotatable bonds is 0. The lowest BCUT2D eigenvalue weighted by molar-refractivity contribution is 0.968. The molecule has 2 nitrogen and oxygen atoms in total. The first-order valence-corrected chi connectivity index (χ1v) is 12.6. The third-order valence-corrected chi connectivity index (χ3v) is 8.59. The SMILES string of the molecule is c1ccc2c(c1)Cc1c-2ccc2c1Cc1cc3c4c(c1-2)Cc1ccccc1N4c1cccnc1C3. The van der Waals surface area contributed by atoms with E-state index in [4.69, 9.17) is 4.98 Å². The Labute approximate surface area is 204 Å². The molecule has 9 rings (SSSR count). The average Bonchev–Trinajstić information content (AvgIpc) is 3.46. The van der Waals surface area contributed by atoms with E-state index in [1.54, 1.807) is 11.1 Å². The molecule has 0 saturated heterocycles. The van der Waals surface area contributed by atoms with E-state index >= 15 is 0 Å². The molecule has 0 atom stereocenters. The van der Waals surface area contributed by atoms with Gasteiger partial charge in [0.2, 0.25) is 0 Å². The summed E-state index contributed by atoms with van der Waals surface area (Å²) in [6.07, 6.45) is 5.93. The van der Waals surface area contributed by atoms with Crippen LogP contribution in [0.25, 0.3) is 22.3 Å². The normalized spacial score (nSPS) is 14.9. The van der Waals surface area contributed by atoms with Gasteiger partial charge in [0.15, 0.2) is 0 Å². The highest BCUT2D eigenvalue weighted by Gasteiger charge is 2.37. The van der Waals surface area contributed by atoms with Crippen LogP contribution in [0.4, 0.5) is 17.1 Å². The molecule has 0 fully saturated rings. The fraction of sp³-hybridized carbons (Fsp3) is 0.121. The molecule has 0 spiro atoms. The Morgan fingerprint density at radius 2 is 1.29 bits per heavy atom. The summed E-state index contributed by atoms with van der Waals surface area (Å²) >= 11 is 0. The maximum atomic E-state index is 4.80. The largest absolute Gasteiger partial charge is 0.308 e. The number of fused-ring (bicyclic) bond motifs is 12. The summed E-state index contributed by atoms with van der Waals surface area (Å²) in [4.78, 5) is 7.30. The maximum absolute atomic E-state index is 4.80. The molecule has 0 saturated carbocycles. The van der Waals surface area contributed by atoms with Gasteiger partial charge in [-0.05, 0) is 92.2 Å². The number of anilines is 3. The quantitative estimate of drug-likeness (QED) is 0.240. The Hall–Kier alpha value is -4.17. The molecule has 2 aliphatic heterocycles. The number of para-hydroxylation sites is 1. The van der Waals surface area contributed by atoms with Crippen LogP contribution in [0.5, 0.6) is 0 Å². The van der Waals surface area contributed by atoms with Crippen LogP contribution in [-0.2, 0) is 25.7 Å². The number of hydrogen-bond donors (Lipinski definition) is 0. The molecular formula is C33H22N2. The Morgan fingerprint density at radius 3 is 2.26 bits per heavy atom. The van der Waals surface area contributed by atoms with Gasteiger partial charge in [0.05, 0.1) is 17.1 Å². The lowest BCUT2D eigenvalue weighted by Crippen LogP contribution is -2.25. The lowest BCUT2D eigenvalue weighted by Gasteiger charge is -2.40. The van der Waals surface area contributed by atoms with Crippen molar-refractivity contribution in [2.24, 2.45) is 0 Å². The summed E-state index contributed by atoms with van der Waals surface area (Å²) in [6, 6.07) is 29.5. The van der Waals surface area contributed by atoms with Crippen molar-refractivity contribution in [1.29, 1.82) is 0 Å². The fourth-order valence-electron chi connectivity index (χ4n) is 7.21. The van der Waals surface area contributed by atoms with Crippen LogP contribution >= 0.6 is 0 Å². The van der Waals surface area contributed by atoms with E-state index in [9.17, 15) is 0 Å². The number of benzene rings is 4. The van der Waals surface area contributed by atoms with Gasteiger partial charge in [0.1, 0.15) is 0 Å². The van der Waals surface area contributed by atoms with Gasteiger partial charge in [-0.2, -0.15) is 0 Å². The van der Waals surface area contributed by atoms with Gasteiger partial charge in [-0.25, -0.2) is 0 Å². The molecule has 0 amide bonds. The second kappa shape index (κ2) is 6.28. The Bertz CT molecular complexity index is 1750. The number of aromatic nitrogens is 1. The highest BCUT2D eigenvalue weighted by molar-refractivity contribution is 5.96. The molecule has 4 aromatic carbocycles. The summed E-state index contributed by atoms with van der Waals surface area (Å²) < 4.78 is 0. The highest BCUT2D eigenvalue weighted by Crippen LogP contribution is 2.56.